The molecule has 1 heterocycles. The van der Waals surface area contributed by atoms with Gasteiger partial charge in [0, 0.05) is 24.5 Å². The molecule has 1 aromatic carbocycles. The number of para-hydroxylation sites is 1. The second kappa shape index (κ2) is 8.11. The molecular formula is C23H33FN4O4S. The highest BCUT2D eigenvalue weighted by atomic mass is 32.3. The topological polar surface area (TPSA) is 119 Å². The predicted molar refractivity (Wildman–Crippen MR) is 125 cm³/mol. The zero-order chi connectivity index (χ0) is 23.5. The molecule has 10 heteroatoms. The molecule has 5 fully saturated rings. The van der Waals surface area contributed by atoms with Crippen LogP contribution >= 0.6 is 11.0 Å². The molecule has 8 nitrogen and oxygen atoms in total. The van der Waals surface area contributed by atoms with Crippen LogP contribution in [0.3, 0.4) is 0 Å². The van der Waals surface area contributed by atoms with Crippen molar-refractivity contribution in [3.63, 3.8) is 0 Å². The van der Waals surface area contributed by atoms with E-state index < -0.39 is 22.2 Å². The number of hydrogen-bond acceptors (Lipinski definition) is 6. The number of halogens is 1. The molecule has 4 bridgehead atoms. The lowest BCUT2D eigenvalue weighted by atomic mass is 9.47. The number of aryl methyl sites for hydroxylation is 1. The lowest BCUT2D eigenvalue weighted by Gasteiger charge is -2.59. The molecule has 33 heavy (non-hydrogen) atoms. The van der Waals surface area contributed by atoms with E-state index >= 15 is 0 Å². The van der Waals surface area contributed by atoms with Crippen LogP contribution in [0, 0.1) is 35.9 Å². The van der Waals surface area contributed by atoms with Crippen LogP contribution in [-0.2, 0) is 9.59 Å². The Bertz CT molecular complexity index is 940. The molecule has 0 aromatic heterocycles. The van der Waals surface area contributed by atoms with Gasteiger partial charge in [-0.15, -0.1) is 0 Å². The van der Waals surface area contributed by atoms with Crippen LogP contribution in [0.4, 0.5) is 10.1 Å². The molecule has 1 aliphatic heterocycles. The predicted octanol–water partition coefficient (Wildman–Crippen LogP) is 3.02. The molecule has 5 aliphatic rings. The van der Waals surface area contributed by atoms with E-state index in [1.165, 1.54) is 14.7 Å². The van der Waals surface area contributed by atoms with Crippen molar-refractivity contribution >= 4 is 28.5 Å². The summed E-state index contributed by atoms with van der Waals surface area (Å²) in [5.41, 5.74) is 6.11. The minimum absolute atomic E-state index is 0.0157. The van der Waals surface area contributed by atoms with Gasteiger partial charge in [-0.25, -0.2) is 4.39 Å². The van der Waals surface area contributed by atoms with Gasteiger partial charge in [-0.1, -0.05) is 12.1 Å². The Morgan fingerprint density at radius 3 is 2.55 bits per heavy atom. The minimum atomic E-state index is -3.54. The van der Waals surface area contributed by atoms with E-state index in [0.29, 0.717) is 31.0 Å². The summed E-state index contributed by atoms with van der Waals surface area (Å²) in [6, 6.07) is 4.60. The van der Waals surface area contributed by atoms with Gasteiger partial charge < -0.3 is 11.1 Å². The van der Waals surface area contributed by atoms with Crippen LogP contribution in [0.5, 0.6) is 0 Å². The van der Waals surface area contributed by atoms with Crippen molar-refractivity contribution in [1.82, 2.24) is 9.62 Å². The summed E-state index contributed by atoms with van der Waals surface area (Å²) in [5.74, 6) is -0.0443. The quantitative estimate of drug-likeness (QED) is 0.514. The Balaban J connectivity index is 1.28. The summed E-state index contributed by atoms with van der Waals surface area (Å²) in [5, 5.41) is 3.15. The van der Waals surface area contributed by atoms with Gasteiger partial charge in [0.15, 0.2) is 0 Å². The molecule has 6 rings (SSSR count). The van der Waals surface area contributed by atoms with Gasteiger partial charge in [-0.2, -0.15) is 4.31 Å². The molecule has 0 spiro atoms. The first-order valence-corrected chi connectivity index (χ1v) is 13.2. The highest BCUT2D eigenvalue weighted by molar-refractivity contribution is 8.23. The summed E-state index contributed by atoms with van der Waals surface area (Å²) in [6.07, 6.45) is 4.88. The van der Waals surface area contributed by atoms with Gasteiger partial charge >= 0.3 is 0 Å². The number of amides is 2. The SMILES string of the molecule is Cc1cccc(F)c1N1CCCN(CC(=O)NC2C3CC4CC2CC(C(N)=O)(C4)C3)S1(O)O. The average molecular weight is 481 g/mol. The third-order valence-corrected chi connectivity index (χ3v) is 10.3. The van der Waals surface area contributed by atoms with Crippen LogP contribution < -0.4 is 15.4 Å². The van der Waals surface area contributed by atoms with Crippen molar-refractivity contribution < 1.29 is 23.1 Å². The molecule has 2 unspecified atom stereocenters. The molecule has 4 saturated carbocycles. The number of carbonyl (C=O) groups is 2. The van der Waals surface area contributed by atoms with E-state index in [1.54, 1.807) is 19.1 Å². The summed E-state index contributed by atoms with van der Waals surface area (Å²) < 4.78 is 39.3. The van der Waals surface area contributed by atoms with Gasteiger partial charge in [0.2, 0.25) is 11.8 Å². The van der Waals surface area contributed by atoms with Crippen molar-refractivity contribution in [3.8, 4) is 0 Å². The summed E-state index contributed by atoms with van der Waals surface area (Å²) >= 11 is 0. The number of rotatable bonds is 5. The fourth-order valence-corrected chi connectivity index (χ4v) is 8.86. The normalized spacial score (nSPS) is 35.9. The maximum Gasteiger partial charge on any atom is 0.236 e. The lowest BCUT2D eigenvalue weighted by molar-refractivity contribution is -0.147. The van der Waals surface area contributed by atoms with E-state index in [0.717, 1.165) is 32.1 Å². The fourth-order valence-electron chi connectivity index (χ4n) is 7.07. The van der Waals surface area contributed by atoms with Crippen LogP contribution in [0.2, 0.25) is 0 Å². The van der Waals surface area contributed by atoms with E-state index in [4.69, 9.17) is 5.73 Å². The van der Waals surface area contributed by atoms with E-state index in [2.05, 4.69) is 5.32 Å². The molecule has 2 amide bonds. The Morgan fingerprint density at radius 1 is 1.21 bits per heavy atom. The second-order valence-corrected chi connectivity index (χ2v) is 12.4. The third-order valence-electron chi connectivity index (χ3n) is 8.29. The molecule has 5 N–H and O–H groups in total. The van der Waals surface area contributed by atoms with Gasteiger partial charge in [0.25, 0.3) is 0 Å². The van der Waals surface area contributed by atoms with Crippen molar-refractivity contribution in [2.45, 2.75) is 51.5 Å². The number of nitrogens with zero attached hydrogens (tertiary/aromatic N) is 2. The van der Waals surface area contributed by atoms with Crippen molar-refractivity contribution in [3.05, 3.63) is 29.6 Å². The number of primary amides is 1. The van der Waals surface area contributed by atoms with Crippen LogP contribution in [0.15, 0.2) is 18.2 Å². The number of nitrogens with two attached hydrogens (primary N) is 1. The molecule has 1 saturated heterocycles. The molecule has 0 radical (unpaired) electrons. The van der Waals surface area contributed by atoms with Crippen LogP contribution in [0.25, 0.3) is 0 Å². The maximum absolute atomic E-state index is 14.6. The Hall–Kier alpha value is -1.88. The smallest absolute Gasteiger partial charge is 0.236 e. The number of nitrogens with one attached hydrogen (secondary N) is 1. The summed E-state index contributed by atoms with van der Waals surface area (Å²) in [6.45, 7) is 2.19. The zero-order valence-corrected chi connectivity index (χ0v) is 19.7. The highest BCUT2D eigenvalue weighted by Gasteiger charge is 2.58. The maximum atomic E-state index is 14.6. The largest absolute Gasteiger partial charge is 0.369 e. The van der Waals surface area contributed by atoms with Gasteiger partial charge in [0.05, 0.1) is 12.2 Å². The first-order valence-electron chi connectivity index (χ1n) is 11.8. The highest BCUT2D eigenvalue weighted by Crippen LogP contribution is 2.60. The van der Waals surface area contributed by atoms with E-state index in [1.807, 2.05) is 0 Å². The first-order chi connectivity index (χ1) is 15.6. The monoisotopic (exact) mass is 480 g/mol. The Kier molecular flexibility index (Phi) is 5.63. The standard InChI is InChI=1S/C23H33FN4O4S/c1-14-4-2-5-18(24)21(14)28-7-3-6-27(33(28,31)32)13-19(29)26-20-16-8-15-9-17(20)12-23(10-15,11-16)22(25)30/h2,4-5,15-17,20,31-32H,3,6-13H2,1H3,(H2,25,30)(H,26,29). The van der Waals surface area contributed by atoms with Crippen molar-refractivity contribution in [2.24, 2.45) is 28.9 Å². The van der Waals surface area contributed by atoms with Gasteiger partial charge in [0.1, 0.15) is 5.82 Å². The lowest BCUT2D eigenvalue weighted by Crippen LogP contribution is -2.62. The summed E-state index contributed by atoms with van der Waals surface area (Å²) in [4.78, 5) is 25.2. The molecule has 1 aromatic rings. The fraction of sp³-hybridized carbons (Fsp3) is 0.652. The number of hydrogen-bond donors (Lipinski definition) is 4. The molecular weight excluding hydrogens is 447 g/mol. The van der Waals surface area contributed by atoms with Crippen molar-refractivity contribution in [1.29, 1.82) is 0 Å². The number of anilines is 1. The Labute approximate surface area is 195 Å². The average Bonchev–Trinajstić information content (AvgIpc) is 2.72. The van der Waals surface area contributed by atoms with Crippen molar-refractivity contribution in [2.75, 3.05) is 23.9 Å². The van der Waals surface area contributed by atoms with E-state index in [-0.39, 0.29) is 41.9 Å². The number of carbonyl (C=O) groups excluding carboxylic acids is 2. The van der Waals surface area contributed by atoms with Crippen LogP contribution in [-0.4, -0.2) is 50.9 Å². The molecule has 182 valence electrons. The minimum Gasteiger partial charge on any atom is -0.369 e. The van der Waals surface area contributed by atoms with Gasteiger partial charge in [-0.05, 0) is 85.8 Å². The second-order valence-electron chi connectivity index (χ2n) is 10.4. The van der Waals surface area contributed by atoms with E-state index in [9.17, 15) is 23.1 Å². The Morgan fingerprint density at radius 2 is 1.91 bits per heavy atom. The van der Waals surface area contributed by atoms with Gasteiger partial charge in [-0.3, -0.25) is 23.0 Å². The summed E-state index contributed by atoms with van der Waals surface area (Å²) in [7, 11) is -3.54. The third kappa shape index (κ3) is 3.80. The molecule has 2 atom stereocenters. The molecule has 4 aliphatic carbocycles. The zero-order valence-electron chi connectivity index (χ0n) is 18.9. The first kappa shape index (κ1) is 22.9. The number of benzene rings is 1. The van der Waals surface area contributed by atoms with Crippen LogP contribution in [0.1, 0.15) is 44.1 Å².